The molecule has 0 radical (unpaired) electrons. The minimum atomic E-state index is -0.449. The van der Waals surface area contributed by atoms with Crippen molar-refractivity contribution in [1.29, 1.82) is 0 Å². The van der Waals surface area contributed by atoms with E-state index in [2.05, 4.69) is 5.32 Å². The predicted octanol–water partition coefficient (Wildman–Crippen LogP) is 2.26. The zero-order chi connectivity index (χ0) is 19.3. The normalized spacial score (nSPS) is 10.3. The van der Waals surface area contributed by atoms with Gasteiger partial charge in [0.05, 0.1) is 23.8 Å². The molecular weight excluding hydrogens is 377 g/mol. The topological polar surface area (TPSA) is 92.5 Å². The number of benzene rings is 2. The minimum absolute atomic E-state index is 0.214. The van der Waals surface area contributed by atoms with Crippen molar-refractivity contribution in [2.45, 2.75) is 0 Å². The quantitative estimate of drug-likeness (QED) is 0.736. The van der Waals surface area contributed by atoms with E-state index in [-0.39, 0.29) is 24.4 Å². The molecule has 6 nitrogen and oxygen atoms in total. The van der Waals surface area contributed by atoms with Crippen LogP contribution < -0.4 is 16.0 Å². The molecule has 2 aromatic carbocycles. The first kappa shape index (κ1) is 19.9. The number of amides is 2. The van der Waals surface area contributed by atoms with Gasteiger partial charge in [0.25, 0.3) is 0 Å². The van der Waals surface area contributed by atoms with E-state index in [4.69, 9.17) is 28.9 Å². The third-order valence-corrected chi connectivity index (χ3v) is 4.24. The zero-order valence-electron chi connectivity index (χ0n) is 14.0. The van der Waals surface area contributed by atoms with E-state index in [1.165, 1.54) is 18.0 Å². The Bertz CT molecular complexity index is 855. The molecule has 0 heterocycles. The Hall–Kier alpha value is -2.41. The highest BCUT2D eigenvalue weighted by Crippen LogP contribution is 2.28. The molecule has 0 saturated carbocycles. The molecule has 2 aromatic rings. The van der Waals surface area contributed by atoms with E-state index >= 15 is 0 Å². The van der Waals surface area contributed by atoms with Gasteiger partial charge in [-0.3, -0.25) is 14.4 Å². The van der Waals surface area contributed by atoms with Crippen molar-refractivity contribution in [3.8, 4) is 0 Å². The molecule has 0 spiro atoms. The van der Waals surface area contributed by atoms with Crippen LogP contribution in [0.25, 0.3) is 0 Å². The summed E-state index contributed by atoms with van der Waals surface area (Å²) in [6.45, 7) is -0.455. The summed E-state index contributed by atoms with van der Waals surface area (Å²) in [5.74, 6) is -1.23. The number of halogens is 2. The molecule has 0 aliphatic carbocycles. The lowest BCUT2D eigenvalue weighted by molar-refractivity contribution is -0.124. The Labute approximate surface area is 160 Å². The van der Waals surface area contributed by atoms with Crippen molar-refractivity contribution >= 4 is 46.5 Å². The van der Waals surface area contributed by atoms with E-state index in [1.807, 2.05) is 0 Å². The van der Waals surface area contributed by atoms with Gasteiger partial charge < -0.3 is 16.0 Å². The van der Waals surface area contributed by atoms with Crippen LogP contribution in [-0.4, -0.2) is 37.7 Å². The summed E-state index contributed by atoms with van der Waals surface area (Å²) in [5.41, 5.74) is 6.08. The molecule has 8 heteroatoms. The summed E-state index contributed by atoms with van der Waals surface area (Å²) in [5, 5.41) is 3.04. The third kappa shape index (κ3) is 4.60. The molecule has 136 valence electrons. The van der Waals surface area contributed by atoms with Crippen LogP contribution in [0.5, 0.6) is 0 Å². The van der Waals surface area contributed by atoms with Crippen LogP contribution in [-0.2, 0) is 9.59 Å². The average molecular weight is 394 g/mol. The van der Waals surface area contributed by atoms with Crippen LogP contribution in [0.2, 0.25) is 10.0 Å². The van der Waals surface area contributed by atoms with Gasteiger partial charge in [-0.2, -0.15) is 0 Å². The van der Waals surface area contributed by atoms with Gasteiger partial charge in [0.2, 0.25) is 11.8 Å². The second kappa shape index (κ2) is 8.80. The summed E-state index contributed by atoms with van der Waals surface area (Å²) < 4.78 is 0. The number of carbonyl (C=O) groups excluding carboxylic acids is 3. The first-order valence-electron chi connectivity index (χ1n) is 7.67. The number of nitrogens with one attached hydrogen (secondary N) is 1. The van der Waals surface area contributed by atoms with Crippen molar-refractivity contribution in [2.75, 3.05) is 25.0 Å². The van der Waals surface area contributed by atoms with Crippen LogP contribution in [0.4, 0.5) is 5.69 Å². The second-order valence-electron chi connectivity index (χ2n) is 5.40. The summed E-state index contributed by atoms with van der Waals surface area (Å²) in [7, 11) is 1.50. The largest absolute Gasteiger partial charge is 0.346 e. The molecule has 2 rings (SSSR count). The summed E-state index contributed by atoms with van der Waals surface area (Å²) in [6.07, 6.45) is 0. The lowest BCUT2D eigenvalue weighted by Gasteiger charge is -2.21. The maximum Gasteiger partial charge on any atom is 0.246 e. The Kier molecular flexibility index (Phi) is 6.74. The Morgan fingerprint density at radius 3 is 2.42 bits per heavy atom. The lowest BCUT2D eigenvalue weighted by Crippen LogP contribution is -2.40. The van der Waals surface area contributed by atoms with Gasteiger partial charge in [0, 0.05) is 23.2 Å². The number of hydrogen-bond acceptors (Lipinski definition) is 4. The van der Waals surface area contributed by atoms with Gasteiger partial charge in [-0.05, 0) is 30.3 Å². The van der Waals surface area contributed by atoms with Crippen LogP contribution in [0.1, 0.15) is 15.9 Å². The van der Waals surface area contributed by atoms with E-state index in [1.54, 1.807) is 36.4 Å². The van der Waals surface area contributed by atoms with Gasteiger partial charge in [-0.15, -0.1) is 0 Å². The second-order valence-corrected chi connectivity index (χ2v) is 6.25. The maximum absolute atomic E-state index is 12.9. The smallest absolute Gasteiger partial charge is 0.246 e. The highest BCUT2D eigenvalue weighted by molar-refractivity contribution is 6.36. The standard InChI is InChI=1S/C18H17Cl2N3O3/c1-23(17(25)10-22-16(24)9-21)15-7-6-11(19)8-13(15)18(26)12-4-2-3-5-14(12)20/h2-8H,9-10,21H2,1H3,(H,22,24). The fourth-order valence-electron chi connectivity index (χ4n) is 2.27. The van der Waals surface area contributed by atoms with Crippen molar-refractivity contribution in [3.63, 3.8) is 0 Å². The van der Waals surface area contributed by atoms with Crippen molar-refractivity contribution < 1.29 is 14.4 Å². The highest BCUT2D eigenvalue weighted by Gasteiger charge is 2.21. The predicted molar refractivity (Wildman–Crippen MR) is 102 cm³/mol. The number of hydrogen-bond donors (Lipinski definition) is 2. The van der Waals surface area contributed by atoms with Crippen LogP contribution in [0.3, 0.4) is 0 Å². The molecule has 0 bridgehead atoms. The Morgan fingerprint density at radius 2 is 1.77 bits per heavy atom. The van der Waals surface area contributed by atoms with E-state index < -0.39 is 11.8 Å². The van der Waals surface area contributed by atoms with Gasteiger partial charge in [0.15, 0.2) is 5.78 Å². The monoisotopic (exact) mass is 393 g/mol. The molecule has 2 amide bonds. The SMILES string of the molecule is CN(C(=O)CNC(=O)CN)c1ccc(Cl)cc1C(=O)c1ccccc1Cl. The minimum Gasteiger partial charge on any atom is -0.346 e. The molecule has 0 fully saturated rings. The fourth-order valence-corrected chi connectivity index (χ4v) is 2.67. The summed E-state index contributed by atoms with van der Waals surface area (Å²) in [6, 6.07) is 11.2. The molecule has 0 saturated heterocycles. The number of carbonyl (C=O) groups is 3. The molecule has 0 aromatic heterocycles. The molecule has 0 aliphatic rings. The van der Waals surface area contributed by atoms with Crippen molar-refractivity contribution in [2.24, 2.45) is 5.73 Å². The van der Waals surface area contributed by atoms with Gasteiger partial charge in [0.1, 0.15) is 0 Å². The van der Waals surface area contributed by atoms with Gasteiger partial charge in [-0.1, -0.05) is 35.3 Å². The van der Waals surface area contributed by atoms with Crippen LogP contribution in [0, 0.1) is 0 Å². The number of likely N-dealkylation sites (N-methyl/N-ethyl adjacent to an activating group) is 1. The number of anilines is 1. The molecular formula is C18H17Cl2N3O3. The highest BCUT2D eigenvalue weighted by atomic mass is 35.5. The summed E-state index contributed by atoms with van der Waals surface area (Å²) in [4.78, 5) is 37.7. The number of nitrogens with zero attached hydrogens (tertiary/aromatic N) is 1. The van der Waals surface area contributed by atoms with Crippen molar-refractivity contribution in [3.05, 3.63) is 63.6 Å². The first-order chi connectivity index (χ1) is 12.3. The Balaban J connectivity index is 2.35. The van der Waals surface area contributed by atoms with E-state index in [0.717, 1.165) is 0 Å². The van der Waals surface area contributed by atoms with Crippen molar-refractivity contribution in [1.82, 2.24) is 5.32 Å². The molecule has 0 aliphatic heterocycles. The lowest BCUT2D eigenvalue weighted by atomic mass is 10.0. The third-order valence-electron chi connectivity index (χ3n) is 3.68. The summed E-state index contributed by atoms with van der Waals surface area (Å²) >= 11 is 12.1. The number of nitrogens with two attached hydrogens (primary N) is 1. The van der Waals surface area contributed by atoms with Gasteiger partial charge in [-0.25, -0.2) is 0 Å². The molecule has 0 atom stereocenters. The van der Waals surface area contributed by atoms with E-state index in [9.17, 15) is 14.4 Å². The number of ketones is 1. The maximum atomic E-state index is 12.9. The average Bonchev–Trinajstić information content (AvgIpc) is 2.65. The molecule has 26 heavy (non-hydrogen) atoms. The first-order valence-corrected chi connectivity index (χ1v) is 8.42. The fraction of sp³-hybridized carbons (Fsp3) is 0.167. The molecule has 3 N–H and O–H groups in total. The Morgan fingerprint density at radius 1 is 1.08 bits per heavy atom. The number of rotatable bonds is 6. The zero-order valence-corrected chi connectivity index (χ0v) is 15.5. The van der Waals surface area contributed by atoms with Crippen LogP contribution in [0.15, 0.2) is 42.5 Å². The van der Waals surface area contributed by atoms with Crippen LogP contribution >= 0.6 is 23.2 Å². The molecule has 0 unspecified atom stereocenters. The van der Waals surface area contributed by atoms with Gasteiger partial charge >= 0.3 is 0 Å². The van der Waals surface area contributed by atoms with E-state index in [0.29, 0.717) is 21.3 Å².